The highest BCUT2D eigenvalue weighted by molar-refractivity contribution is 5.88. The Morgan fingerprint density at radius 2 is 1.62 bits per heavy atom. The van der Waals surface area contributed by atoms with Crippen molar-refractivity contribution in [2.45, 2.75) is 130 Å². The predicted molar refractivity (Wildman–Crippen MR) is 168 cm³/mol. The highest BCUT2D eigenvalue weighted by atomic mass is 16.6. The summed E-state index contributed by atoms with van der Waals surface area (Å²) in [4.78, 5) is 39.6. The number of ether oxygens (including phenoxy) is 1. The van der Waals surface area contributed by atoms with Crippen LogP contribution >= 0.6 is 0 Å². The van der Waals surface area contributed by atoms with Crippen LogP contribution in [0.15, 0.2) is 30.3 Å². The van der Waals surface area contributed by atoms with Gasteiger partial charge in [-0.25, -0.2) is 4.79 Å². The molecule has 0 unspecified atom stereocenters. The average Bonchev–Trinajstić information content (AvgIpc) is 2.93. The smallest absolute Gasteiger partial charge is 0.407 e. The molecule has 1 aromatic rings. The number of hydrogen-bond acceptors (Lipinski definition) is 5. The van der Waals surface area contributed by atoms with Gasteiger partial charge in [0.1, 0.15) is 11.6 Å². The standard InChI is InChI=1S/C34H57N3O5/c1-8-24(4)30(32(40)35-20-19-25-15-11-9-12-16-25)37-31(39)27(23(2)3)22-29(38)28(21-26-17-13-10-14-18-26)36-33(41)42-34(5,6)7/h9,11-12,15-16,23-24,26-30,38H,8,10,13-14,17-22H2,1-7H3,(H,35,40)(H,36,41)(H,37,39)/t24-,27-,28+,29+,30+/m1/s1. The van der Waals surface area contributed by atoms with Crippen molar-refractivity contribution in [1.29, 1.82) is 0 Å². The molecule has 4 N–H and O–H groups in total. The Labute approximate surface area is 254 Å². The minimum atomic E-state index is -0.931. The van der Waals surface area contributed by atoms with E-state index in [1.807, 2.05) is 78.8 Å². The first kappa shape index (κ1) is 35.6. The molecule has 5 atom stereocenters. The minimum Gasteiger partial charge on any atom is -0.444 e. The second-order valence-electron chi connectivity index (χ2n) is 13.5. The summed E-state index contributed by atoms with van der Waals surface area (Å²) in [6, 6.07) is 8.77. The van der Waals surface area contributed by atoms with Gasteiger partial charge in [-0.05, 0) is 63.4 Å². The summed E-state index contributed by atoms with van der Waals surface area (Å²) in [6.45, 7) is 13.8. The quantitative estimate of drug-likeness (QED) is 0.208. The van der Waals surface area contributed by atoms with E-state index in [9.17, 15) is 19.5 Å². The van der Waals surface area contributed by atoms with E-state index < -0.39 is 35.8 Å². The van der Waals surface area contributed by atoms with Crippen molar-refractivity contribution in [2.24, 2.45) is 23.7 Å². The van der Waals surface area contributed by atoms with Crippen LogP contribution in [0.1, 0.15) is 105 Å². The van der Waals surface area contributed by atoms with Gasteiger partial charge in [0, 0.05) is 12.5 Å². The Balaban J connectivity index is 2.10. The molecule has 0 heterocycles. The normalized spacial score (nSPS) is 17.9. The van der Waals surface area contributed by atoms with E-state index in [0.29, 0.717) is 25.3 Å². The number of nitrogens with one attached hydrogen (secondary N) is 3. The van der Waals surface area contributed by atoms with E-state index >= 15 is 0 Å². The monoisotopic (exact) mass is 587 g/mol. The average molecular weight is 588 g/mol. The zero-order valence-electron chi connectivity index (χ0n) is 27.1. The molecule has 0 spiro atoms. The number of hydrogen-bond donors (Lipinski definition) is 4. The first-order valence-electron chi connectivity index (χ1n) is 16.1. The second-order valence-corrected chi connectivity index (χ2v) is 13.5. The molecular formula is C34H57N3O5. The summed E-state index contributed by atoms with van der Waals surface area (Å²) < 4.78 is 5.50. The number of carbonyl (C=O) groups is 3. The number of carbonyl (C=O) groups excluding carboxylic acids is 3. The molecule has 2 rings (SSSR count). The fourth-order valence-corrected chi connectivity index (χ4v) is 5.71. The van der Waals surface area contributed by atoms with Gasteiger partial charge in [0.25, 0.3) is 0 Å². The first-order chi connectivity index (χ1) is 19.8. The van der Waals surface area contributed by atoms with E-state index in [1.54, 1.807) is 0 Å². The summed E-state index contributed by atoms with van der Waals surface area (Å²) in [5, 5.41) is 20.4. The Kier molecular flexibility index (Phi) is 14.8. The molecule has 1 saturated carbocycles. The van der Waals surface area contributed by atoms with Crippen molar-refractivity contribution in [2.75, 3.05) is 6.54 Å². The molecule has 1 aliphatic carbocycles. The Morgan fingerprint density at radius 1 is 0.976 bits per heavy atom. The van der Waals surface area contributed by atoms with E-state index in [4.69, 9.17) is 4.74 Å². The van der Waals surface area contributed by atoms with Crippen LogP contribution in [0.25, 0.3) is 0 Å². The van der Waals surface area contributed by atoms with Gasteiger partial charge in [-0.1, -0.05) is 96.6 Å². The summed E-state index contributed by atoms with van der Waals surface area (Å²) in [7, 11) is 0. The number of rotatable bonds is 15. The minimum absolute atomic E-state index is 0.0590. The molecule has 0 aromatic heterocycles. The summed E-state index contributed by atoms with van der Waals surface area (Å²) >= 11 is 0. The van der Waals surface area contributed by atoms with Crippen LogP contribution in [-0.2, 0) is 20.7 Å². The van der Waals surface area contributed by atoms with Crippen molar-refractivity contribution in [3.8, 4) is 0 Å². The number of aliphatic hydroxyl groups is 1. The lowest BCUT2D eigenvalue weighted by Crippen LogP contribution is -2.53. The second kappa shape index (κ2) is 17.5. The predicted octanol–water partition coefficient (Wildman–Crippen LogP) is 5.76. The van der Waals surface area contributed by atoms with Crippen molar-refractivity contribution in [3.63, 3.8) is 0 Å². The maximum absolute atomic E-state index is 13.7. The van der Waals surface area contributed by atoms with Crippen LogP contribution in [-0.4, -0.2) is 53.3 Å². The maximum Gasteiger partial charge on any atom is 0.407 e. The van der Waals surface area contributed by atoms with Gasteiger partial charge < -0.3 is 25.8 Å². The van der Waals surface area contributed by atoms with E-state index in [0.717, 1.165) is 37.7 Å². The highest BCUT2D eigenvalue weighted by Gasteiger charge is 2.35. The van der Waals surface area contributed by atoms with E-state index in [2.05, 4.69) is 16.0 Å². The molecule has 238 valence electrons. The van der Waals surface area contributed by atoms with Crippen LogP contribution in [0.4, 0.5) is 4.79 Å². The lowest BCUT2D eigenvalue weighted by Gasteiger charge is -2.33. The van der Waals surface area contributed by atoms with Crippen molar-refractivity contribution in [3.05, 3.63) is 35.9 Å². The van der Waals surface area contributed by atoms with Gasteiger partial charge in [0.15, 0.2) is 0 Å². The van der Waals surface area contributed by atoms with Crippen LogP contribution in [0, 0.1) is 23.7 Å². The van der Waals surface area contributed by atoms with E-state index in [1.165, 1.54) is 6.42 Å². The third kappa shape index (κ3) is 12.7. The van der Waals surface area contributed by atoms with Crippen molar-refractivity contribution >= 4 is 17.9 Å². The van der Waals surface area contributed by atoms with Crippen molar-refractivity contribution in [1.82, 2.24) is 16.0 Å². The topological polar surface area (TPSA) is 117 Å². The lowest BCUT2D eigenvalue weighted by molar-refractivity contribution is -0.134. The Morgan fingerprint density at radius 3 is 2.19 bits per heavy atom. The third-order valence-electron chi connectivity index (χ3n) is 8.46. The first-order valence-corrected chi connectivity index (χ1v) is 16.1. The van der Waals surface area contributed by atoms with Gasteiger partial charge in [-0.15, -0.1) is 0 Å². The largest absolute Gasteiger partial charge is 0.444 e. The third-order valence-corrected chi connectivity index (χ3v) is 8.46. The zero-order chi connectivity index (χ0) is 31.3. The molecule has 8 heteroatoms. The number of benzene rings is 1. The molecule has 3 amide bonds. The molecule has 1 fully saturated rings. The van der Waals surface area contributed by atoms with Crippen LogP contribution < -0.4 is 16.0 Å². The molecule has 8 nitrogen and oxygen atoms in total. The van der Waals surface area contributed by atoms with Gasteiger partial charge in [0.05, 0.1) is 12.1 Å². The van der Waals surface area contributed by atoms with Crippen LogP contribution in [0.2, 0.25) is 0 Å². The maximum atomic E-state index is 13.7. The lowest BCUT2D eigenvalue weighted by atomic mass is 9.81. The molecule has 0 bridgehead atoms. The number of amides is 3. The van der Waals surface area contributed by atoms with E-state index in [-0.39, 0.29) is 30.1 Å². The molecule has 1 aromatic carbocycles. The number of alkyl carbamates (subject to hydrolysis) is 1. The van der Waals surface area contributed by atoms with Crippen molar-refractivity contribution < 1.29 is 24.2 Å². The van der Waals surface area contributed by atoms with Gasteiger partial charge in [0.2, 0.25) is 11.8 Å². The highest BCUT2D eigenvalue weighted by Crippen LogP contribution is 2.30. The van der Waals surface area contributed by atoms with Crippen LogP contribution in [0.3, 0.4) is 0 Å². The van der Waals surface area contributed by atoms with Gasteiger partial charge >= 0.3 is 6.09 Å². The molecule has 0 aliphatic heterocycles. The molecule has 1 aliphatic rings. The number of aliphatic hydroxyl groups excluding tert-OH is 1. The Bertz CT molecular complexity index is 956. The fraction of sp³-hybridized carbons (Fsp3) is 0.735. The molecule has 0 saturated heterocycles. The summed E-state index contributed by atoms with van der Waals surface area (Å²) in [6.07, 6.45) is 6.45. The van der Waals surface area contributed by atoms with Gasteiger partial charge in [-0.2, -0.15) is 0 Å². The van der Waals surface area contributed by atoms with Crippen LogP contribution in [0.5, 0.6) is 0 Å². The summed E-state index contributed by atoms with van der Waals surface area (Å²) in [5.74, 6) is -0.696. The summed E-state index contributed by atoms with van der Waals surface area (Å²) in [5.41, 5.74) is 0.482. The SMILES string of the molecule is CC[C@@H](C)[C@H](NC(=O)[C@H](C[C@H](O)[C@H](CC1CCCCC1)NC(=O)OC(C)(C)C)C(C)C)C(=O)NCCc1ccccc1. The fourth-order valence-electron chi connectivity index (χ4n) is 5.71. The Hall–Kier alpha value is -2.61. The molecule has 42 heavy (non-hydrogen) atoms. The zero-order valence-corrected chi connectivity index (χ0v) is 27.1. The van der Waals surface area contributed by atoms with Gasteiger partial charge in [-0.3, -0.25) is 9.59 Å². The molecule has 0 radical (unpaired) electrons. The molecular weight excluding hydrogens is 530 g/mol.